The van der Waals surface area contributed by atoms with Crippen molar-refractivity contribution in [3.8, 4) is 0 Å². The molecule has 1 heterocycles. The van der Waals surface area contributed by atoms with Gasteiger partial charge in [0.1, 0.15) is 5.78 Å². The highest BCUT2D eigenvalue weighted by molar-refractivity contribution is 5.88. The normalized spacial score (nSPS) is 49.6. The molecule has 5 fully saturated rings. The Morgan fingerprint density at radius 2 is 1.81 bits per heavy atom. The van der Waals surface area contributed by atoms with Crippen molar-refractivity contribution < 1.29 is 23.8 Å². The van der Waals surface area contributed by atoms with Crippen molar-refractivity contribution in [3.05, 3.63) is 0 Å². The highest BCUT2D eigenvalue weighted by Crippen LogP contribution is 2.53. The van der Waals surface area contributed by atoms with Gasteiger partial charge in [0.05, 0.1) is 25.2 Å². The summed E-state index contributed by atoms with van der Waals surface area (Å²) in [7, 11) is 0. The summed E-state index contributed by atoms with van der Waals surface area (Å²) in [5.74, 6) is 0.426. The largest absolute Gasteiger partial charge is 0.465 e. The van der Waals surface area contributed by atoms with Crippen molar-refractivity contribution in [3.63, 3.8) is 0 Å². The summed E-state index contributed by atoms with van der Waals surface area (Å²) in [6.45, 7) is 5.65. The molecule has 4 aliphatic carbocycles. The number of esters is 1. The van der Waals surface area contributed by atoms with Crippen LogP contribution in [0.4, 0.5) is 0 Å². The van der Waals surface area contributed by atoms with E-state index >= 15 is 0 Å². The summed E-state index contributed by atoms with van der Waals surface area (Å²) in [6.07, 6.45) is 9.33. The molecule has 6 atom stereocenters. The van der Waals surface area contributed by atoms with Crippen LogP contribution < -0.4 is 5.73 Å². The average Bonchev–Trinajstić information content (AvgIpc) is 2.75. The number of ether oxygens (including phenoxy) is 3. The van der Waals surface area contributed by atoms with Gasteiger partial charge in [0, 0.05) is 35.1 Å². The molecule has 2 N–H and O–H groups in total. The first-order valence-corrected chi connectivity index (χ1v) is 12.5. The van der Waals surface area contributed by atoms with E-state index in [9.17, 15) is 9.59 Å². The summed E-state index contributed by atoms with van der Waals surface area (Å²) in [6, 6.07) is 0. The second-order valence-corrected chi connectivity index (χ2v) is 11.6. The Hall–Kier alpha value is -0.980. The number of hydrogen-bond donors (Lipinski definition) is 1. The first-order chi connectivity index (χ1) is 14.8. The van der Waals surface area contributed by atoms with Crippen LogP contribution in [0.5, 0.6) is 0 Å². The first kappa shape index (κ1) is 21.8. The fraction of sp³-hybridized carbons (Fsp3) is 0.920. The van der Waals surface area contributed by atoms with Crippen LogP contribution in [-0.4, -0.2) is 42.9 Å². The van der Waals surface area contributed by atoms with Gasteiger partial charge in [-0.1, -0.05) is 26.7 Å². The van der Waals surface area contributed by atoms with E-state index in [0.29, 0.717) is 44.4 Å². The highest BCUT2D eigenvalue weighted by Gasteiger charge is 2.57. The lowest BCUT2D eigenvalue weighted by Gasteiger charge is -2.57. The Kier molecular flexibility index (Phi) is 5.50. The van der Waals surface area contributed by atoms with Gasteiger partial charge in [-0.15, -0.1) is 0 Å². The predicted octanol–water partition coefficient (Wildman–Crippen LogP) is 3.60. The van der Waals surface area contributed by atoms with Crippen molar-refractivity contribution in [1.82, 2.24) is 0 Å². The molecule has 5 aliphatic rings. The van der Waals surface area contributed by atoms with Gasteiger partial charge in [-0.3, -0.25) is 9.59 Å². The maximum absolute atomic E-state index is 13.1. The quantitative estimate of drug-likeness (QED) is 0.684. The van der Waals surface area contributed by atoms with E-state index in [-0.39, 0.29) is 35.2 Å². The molecule has 0 radical (unpaired) electrons. The lowest BCUT2D eigenvalue weighted by Crippen LogP contribution is -2.64. The van der Waals surface area contributed by atoms with Gasteiger partial charge in [-0.25, -0.2) is 0 Å². The molecular formula is C25H39NO5. The van der Waals surface area contributed by atoms with Crippen LogP contribution in [0.2, 0.25) is 0 Å². The Balaban J connectivity index is 1.17. The van der Waals surface area contributed by atoms with E-state index < -0.39 is 11.2 Å². The smallest absolute Gasteiger partial charge is 0.312 e. The molecule has 5 rings (SSSR count). The number of ketones is 1. The lowest BCUT2D eigenvalue weighted by molar-refractivity contribution is -0.350. The number of carbonyl (C=O) groups excluding carboxylic acids is 2. The van der Waals surface area contributed by atoms with E-state index in [2.05, 4.69) is 6.92 Å². The molecule has 31 heavy (non-hydrogen) atoms. The summed E-state index contributed by atoms with van der Waals surface area (Å²) < 4.78 is 18.7. The van der Waals surface area contributed by atoms with Crippen LogP contribution >= 0.6 is 0 Å². The number of nitrogens with two attached hydrogens (primary N) is 1. The summed E-state index contributed by atoms with van der Waals surface area (Å²) in [5.41, 5.74) is 6.12. The molecule has 6 nitrogen and oxygen atoms in total. The van der Waals surface area contributed by atoms with E-state index in [4.69, 9.17) is 19.9 Å². The van der Waals surface area contributed by atoms with Crippen molar-refractivity contribution in [2.45, 2.75) is 89.4 Å². The summed E-state index contributed by atoms with van der Waals surface area (Å²) >= 11 is 0. The number of Topliss-reactive ketones (excluding diaryl/α,β-unsaturated/α-hetero) is 1. The minimum Gasteiger partial charge on any atom is -0.465 e. The molecule has 0 aromatic rings. The van der Waals surface area contributed by atoms with E-state index in [1.807, 2.05) is 6.92 Å². The third-order valence-electron chi connectivity index (χ3n) is 9.25. The lowest BCUT2D eigenvalue weighted by atomic mass is 9.58. The molecule has 1 aliphatic heterocycles. The standard InChI is InChI=1S/C25H39NO5/c1-16-9-23(7-3-5-19(11-23)21(16)27)22(28)29-13-18-14-30-25(31-15-18)17(2)10-24(26)8-4-6-20(25)12-24/h16-20H,3-15,26H2,1-2H3. The molecule has 6 heteroatoms. The molecule has 0 aromatic heterocycles. The fourth-order valence-corrected chi connectivity index (χ4v) is 7.78. The number of fused-ring (bicyclic) bond motifs is 5. The third-order valence-corrected chi connectivity index (χ3v) is 9.25. The Labute approximate surface area is 185 Å². The van der Waals surface area contributed by atoms with Crippen molar-refractivity contribution >= 4 is 11.8 Å². The monoisotopic (exact) mass is 433 g/mol. The van der Waals surface area contributed by atoms with Crippen LogP contribution in [0.1, 0.15) is 78.1 Å². The van der Waals surface area contributed by atoms with Crippen LogP contribution in [0, 0.1) is 35.0 Å². The molecule has 4 saturated carbocycles. The number of hydrogen-bond acceptors (Lipinski definition) is 6. The average molecular weight is 434 g/mol. The maximum Gasteiger partial charge on any atom is 0.312 e. The van der Waals surface area contributed by atoms with Crippen molar-refractivity contribution in [1.29, 1.82) is 0 Å². The second-order valence-electron chi connectivity index (χ2n) is 11.6. The van der Waals surface area contributed by atoms with Gasteiger partial charge in [0.15, 0.2) is 5.79 Å². The zero-order valence-electron chi connectivity index (χ0n) is 19.2. The Morgan fingerprint density at radius 1 is 1.06 bits per heavy atom. The van der Waals surface area contributed by atoms with Crippen LogP contribution in [0.15, 0.2) is 0 Å². The number of rotatable bonds is 3. The van der Waals surface area contributed by atoms with E-state index in [1.54, 1.807) is 0 Å². The van der Waals surface area contributed by atoms with Gasteiger partial charge in [-0.2, -0.15) is 0 Å². The maximum atomic E-state index is 13.1. The van der Waals surface area contributed by atoms with E-state index in [1.165, 1.54) is 0 Å². The number of carbonyl (C=O) groups is 2. The van der Waals surface area contributed by atoms with Crippen LogP contribution in [0.25, 0.3) is 0 Å². The Bertz CT molecular complexity index is 723. The molecule has 1 spiro atoms. The van der Waals surface area contributed by atoms with Gasteiger partial charge in [0.2, 0.25) is 0 Å². The van der Waals surface area contributed by atoms with Gasteiger partial charge in [0.25, 0.3) is 0 Å². The Morgan fingerprint density at radius 3 is 2.58 bits per heavy atom. The molecule has 174 valence electrons. The summed E-state index contributed by atoms with van der Waals surface area (Å²) in [4.78, 5) is 25.5. The summed E-state index contributed by atoms with van der Waals surface area (Å²) in [5, 5.41) is 0. The first-order valence-electron chi connectivity index (χ1n) is 12.5. The van der Waals surface area contributed by atoms with Gasteiger partial charge >= 0.3 is 5.97 Å². The SMILES string of the molecule is CC1CC2(C(=O)OCC3COC4(OC3)C(C)CC3(N)CCCC4C3)CCCC(C2)C1=O. The van der Waals surface area contributed by atoms with Crippen molar-refractivity contribution in [2.24, 2.45) is 40.7 Å². The fourth-order valence-electron chi connectivity index (χ4n) is 7.78. The molecule has 6 unspecified atom stereocenters. The minimum absolute atomic E-state index is 0.0363. The molecular weight excluding hydrogens is 394 g/mol. The molecule has 1 saturated heterocycles. The topological polar surface area (TPSA) is 87.8 Å². The highest BCUT2D eigenvalue weighted by atomic mass is 16.7. The van der Waals surface area contributed by atoms with Crippen molar-refractivity contribution in [2.75, 3.05) is 19.8 Å². The molecule has 0 aromatic carbocycles. The molecule has 0 amide bonds. The zero-order valence-corrected chi connectivity index (χ0v) is 19.2. The van der Waals surface area contributed by atoms with Gasteiger partial charge < -0.3 is 19.9 Å². The van der Waals surface area contributed by atoms with Gasteiger partial charge in [-0.05, 0) is 51.4 Å². The zero-order chi connectivity index (χ0) is 21.9. The van der Waals surface area contributed by atoms with E-state index in [0.717, 1.165) is 51.4 Å². The van der Waals surface area contributed by atoms with Crippen LogP contribution in [0.3, 0.4) is 0 Å². The minimum atomic E-state index is -0.516. The predicted molar refractivity (Wildman–Crippen MR) is 115 cm³/mol. The molecule has 4 bridgehead atoms. The van der Waals surface area contributed by atoms with Crippen LogP contribution in [-0.2, 0) is 23.8 Å². The second kappa shape index (κ2) is 7.81. The third kappa shape index (κ3) is 3.67.